The lowest BCUT2D eigenvalue weighted by Gasteiger charge is -2.23. The molecule has 2 aliphatic rings. The molecule has 1 aliphatic heterocycles. The second kappa shape index (κ2) is 9.50. The first kappa shape index (κ1) is 20.1. The van der Waals surface area contributed by atoms with Gasteiger partial charge in [-0.1, -0.05) is 36.4 Å². The fraction of sp³-hybridized carbons (Fsp3) is 0.391. The van der Waals surface area contributed by atoms with Crippen LogP contribution in [0.2, 0.25) is 0 Å². The molecule has 1 aliphatic carbocycles. The van der Waals surface area contributed by atoms with Crippen molar-refractivity contribution in [2.24, 2.45) is 5.92 Å². The van der Waals surface area contributed by atoms with Gasteiger partial charge in [0.15, 0.2) is 0 Å². The average molecular weight is 377 g/mol. The van der Waals surface area contributed by atoms with E-state index in [2.05, 4.69) is 35.1 Å². The van der Waals surface area contributed by atoms with E-state index < -0.39 is 0 Å². The minimum absolute atomic E-state index is 0.209. The van der Waals surface area contributed by atoms with Gasteiger partial charge < -0.3 is 14.5 Å². The summed E-state index contributed by atoms with van der Waals surface area (Å²) in [6.07, 6.45) is 9.44. The number of ether oxygens (including phenoxy) is 1. The fourth-order valence-corrected chi connectivity index (χ4v) is 3.69. The molecule has 1 saturated heterocycles. The van der Waals surface area contributed by atoms with E-state index in [4.69, 9.17) is 4.74 Å². The summed E-state index contributed by atoms with van der Waals surface area (Å²) < 4.78 is 4.75. The average Bonchev–Trinajstić information content (AvgIpc) is 3.05. The van der Waals surface area contributed by atoms with E-state index in [9.17, 15) is 10.1 Å². The minimum atomic E-state index is -0.361. The molecule has 1 aromatic carbocycles. The van der Waals surface area contributed by atoms with Gasteiger partial charge in [0, 0.05) is 25.6 Å². The van der Waals surface area contributed by atoms with Crippen molar-refractivity contribution < 1.29 is 9.53 Å². The van der Waals surface area contributed by atoms with Crippen LogP contribution in [-0.2, 0) is 4.74 Å². The van der Waals surface area contributed by atoms with Gasteiger partial charge in [-0.3, -0.25) is 0 Å². The minimum Gasteiger partial charge on any atom is -0.465 e. The Morgan fingerprint density at radius 1 is 1.21 bits per heavy atom. The second-order valence-corrected chi connectivity index (χ2v) is 7.35. The molecular formula is C23H27N3O2. The van der Waals surface area contributed by atoms with Crippen molar-refractivity contribution in [3.05, 3.63) is 65.3 Å². The zero-order valence-electron chi connectivity index (χ0n) is 16.6. The molecule has 3 rings (SSSR count). The molecule has 0 aromatic heterocycles. The largest absolute Gasteiger partial charge is 0.465 e. The van der Waals surface area contributed by atoms with E-state index in [0.717, 1.165) is 43.9 Å². The zero-order valence-corrected chi connectivity index (χ0v) is 16.6. The highest BCUT2D eigenvalue weighted by Crippen LogP contribution is 2.27. The number of allylic oxidation sites excluding steroid dienone is 4. The van der Waals surface area contributed by atoms with Gasteiger partial charge >= 0.3 is 5.97 Å². The molecule has 1 heterocycles. The Morgan fingerprint density at radius 2 is 2.00 bits per heavy atom. The van der Waals surface area contributed by atoms with Gasteiger partial charge in [0.1, 0.15) is 0 Å². The summed E-state index contributed by atoms with van der Waals surface area (Å²) in [6.45, 7) is 5.31. The van der Waals surface area contributed by atoms with Gasteiger partial charge in [-0.15, -0.1) is 0 Å². The van der Waals surface area contributed by atoms with Crippen molar-refractivity contribution >= 4 is 11.5 Å². The van der Waals surface area contributed by atoms with Crippen molar-refractivity contribution in [3.63, 3.8) is 0 Å². The molecule has 146 valence electrons. The maximum atomic E-state index is 11.6. The molecule has 5 heteroatoms. The lowest BCUT2D eigenvalue weighted by Crippen LogP contribution is -2.32. The molecule has 0 N–H and O–H groups in total. The molecule has 0 bridgehead atoms. The van der Waals surface area contributed by atoms with Crippen molar-refractivity contribution in [2.45, 2.75) is 6.42 Å². The first-order valence-electron chi connectivity index (χ1n) is 9.71. The SMILES string of the molecule is COC(=O)c1ccc(C2=CC=CC(CN3CCCN(C)CC3)C=C2C#N)cc1. The maximum absolute atomic E-state index is 11.6. The number of benzene rings is 1. The van der Waals surface area contributed by atoms with E-state index in [1.54, 1.807) is 12.1 Å². The van der Waals surface area contributed by atoms with E-state index >= 15 is 0 Å². The number of nitrogens with zero attached hydrogens (tertiary/aromatic N) is 3. The third kappa shape index (κ3) is 4.98. The van der Waals surface area contributed by atoms with Gasteiger partial charge in [0.25, 0.3) is 0 Å². The highest BCUT2D eigenvalue weighted by atomic mass is 16.5. The standard InChI is InChI=1S/C23H27N3O2/c1-25-11-4-12-26(14-13-25)17-18-5-3-6-22(21(15-18)16-24)19-7-9-20(10-8-19)23(27)28-2/h3,5-10,15,18H,4,11-14,17H2,1-2H3. The zero-order chi connectivity index (χ0) is 19.9. The summed E-state index contributed by atoms with van der Waals surface area (Å²) in [7, 11) is 3.54. The Bertz CT molecular complexity index is 830. The van der Waals surface area contributed by atoms with E-state index in [0.29, 0.717) is 11.1 Å². The quantitative estimate of drug-likeness (QED) is 0.755. The van der Waals surface area contributed by atoms with E-state index in [1.165, 1.54) is 13.5 Å². The molecule has 28 heavy (non-hydrogen) atoms. The van der Waals surface area contributed by atoms with Crippen molar-refractivity contribution in [1.82, 2.24) is 9.80 Å². The van der Waals surface area contributed by atoms with E-state index in [1.807, 2.05) is 24.3 Å². The fourth-order valence-electron chi connectivity index (χ4n) is 3.69. The summed E-state index contributed by atoms with van der Waals surface area (Å²) >= 11 is 0. The number of likely N-dealkylation sites (N-methyl/N-ethyl adjacent to an activating group) is 1. The van der Waals surface area contributed by atoms with Gasteiger partial charge in [-0.2, -0.15) is 5.26 Å². The van der Waals surface area contributed by atoms with Crippen LogP contribution in [0.4, 0.5) is 0 Å². The molecular weight excluding hydrogens is 350 g/mol. The highest BCUT2D eigenvalue weighted by Gasteiger charge is 2.18. The Morgan fingerprint density at radius 3 is 2.71 bits per heavy atom. The van der Waals surface area contributed by atoms with Crippen LogP contribution in [0.3, 0.4) is 0 Å². The summed E-state index contributed by atoms with van der Waals surface area (Å²) in [5.41, 5.74) is 2.98. The number of esters is 1. The van der Waals surface area contributed by atoms with Crippen LogP contribution >= 0.6 is 0 Å². The number of carbonyl (C=O) groups excluding carboxylic acids is 1. The molecule has 0 saturated carbocycles. The van der Waals surface area contributed by atoms with Crippen LogP contribution in [0.15, 0.2) is 54.1 Å². The number of hydrogen-bond donors (Lipinski definition) is 0. The van der Waals surface area contributed by atoms with E-state index in [-0.39, 0.29) is 11.9 Å². The first-order chi connectivity index (χ1) is 13.6. The van der Waals surface area contributed by atoms with Crippen LogP contribution < -0.4 is 0 Å². The lowest BCUT2D eigenvalue weighted by atomic mass is 9.96. The number of methoxy groups -OCH3 is 1. The van der Waals surface area contributed by atoms with Crippen molar-refractivity contribution in [3.8, 4) is 6.07 Å². The predicted octanol–water partition coefficient (Wildman–Crippen LogP) is 3.13. The Balaban J connectivity index is 1.75. The summed E-state index contributed by atoms with van der Waals surface area (Å²) in [5.74, 6) is -0.151. The second-order valence-electron chi connectivity index (χ2n) is 7.35. The van der Waals surface area contributed by atoms with Crippen LogP contribution in [0, 0.1) is 17.2 Å². The topological polar surface area (TPSA) is 56.6 Å². The molecule has 1 atom stereocenters. The normalized spacial score (nSPS) is 21.1. The molecule has 1 unspecified atom stereocenters. The third-order valence-electron chi connectivity index (χ3n) is 5.31. The molecule has 0 radical (unpaired) electrons. The van der Waals surface area contributed by atoms with Crippen LogP contribution in [0.5, 0.6) is 0 Å². The van der Waals surface area contributed by atoms with Crippen molar-refractivity contribution in [2.75, 3.05) is 46.9 Å². The molecule has 0 amide bonds. The van der Waals surface area contributed by atoms with Gasteiger partial charge in [0.05, 0.1) is 24.3 Å². The number of nitriles is 1. The van der Waals surface area contributed by atoms with Crippen molar-refractivity contribution in [1.29, 1.82) is 5.26 Å². The van der Waals surface area contributed by atoms with Crippen LogP contribution in [0.25, 0.3) is 5.57 Å². The van der Waals surface area contributed by atoms with Gasteiger partial charge in [-0.25, -0.2) is 4.79 Å². The predicted molar refractivity (Wildman–Crippen MR) is 111 cm³/mol. The highest BCUT2D eigenvalue weighted by molar-refractivity contribution is 5.91. The summed E-state index contributed by atoms with van der Waals surface area (Å²) in [4.78, 5) is 16.5. The number of hydrogen-bond acceptors (Lipinski definition) is 5. The van der Waals surface area contributed by atoms with Gasteiger partial charge in [-0.05, 0) is 49.8 Å². The Hall–Kier alpha value is -2.68. The molecule has 1 fully saturated rings. The monoisotopic (exact) mass is 377 g/mol. The molecule has 1 aromatic rings. The summed E-state index contributed by atoms with van der Waals surface area (Å²) in [6, 6.07) is 9.55. The lowest BCUT2D eigenvalue weighted by molar-refractivity contribution is 0.0600. The molecule has 0 spiro atoms. The Kier molecular flexibility index (Phi) is 6.80. The maximum Gasteiger partial charge on any atom is 0.337 e. The number of rotatable bonds is 4. The number of carbonyl (C=O) groups is 1. The first-order valence-corrected chi connectivity index (χ1v) is 9.71. The van der Waals surface area contributed by atoms with Crippen LogP contribution in [0.1, 0.15) is 22.3 Å². The smallest absolute Gasteiger partial charge is 0.337 e. The third-order valence-corrected chi connectivity index (χ3v) is 5.31. The summed E-state index contributed by atoms with van der Waals surface area (Å²) in [5, 5.41) is 9.75. The van der Waals surface area contributed by atoms with Gasteiger partial charge in [0.2, 0.25) is 0 Å². The van der Waals surface area contributed by atoms with Crippen LogP contribution in [-0.4, -0.2) is 62.7 Å². The molecule has 5 nitrogen and oxygen atoms in total. The Labute approximate surface area is 167 Å².